The zero-order valence-electron chi connectivity index (χ0n) is 10.3. The minimum Gasteiger partial charge on any atom is -0.508 e. The van der Waals surface area contributed by atoms with Crippen LogP contribution in [0.5, 0.6) is 5.75 Å². The second kappa shape index (κ2) is 5.34. The number of pyridine rings is 1. The van der Waals surface area contributed by atoms with Gasteiger partial charge in [-0.15, -0.1) is 0 Å². The first-order valence-corrected chi connectivity index (χ1v) is 5.70. The van der Waals surface area contributed by atoms with Crippen molar-refractivity contribution in [3.63, 3.8) is 0 Å². The lowest BCUT2D eigenvalue weighted by molar-refractivity contribution is -0.384. The first-order chi connectivity index (χ1) is 9.06. The fourth-order valence-corrected chi connectivity index (χ4v) is 1.63. The molecule has 2 N–H and O–H groups in total. The lowest BCUT2D eigenvalue weighted by Crippen LogP contribution is -2.05. The summed E-state index contributed by atoms with van der Waals surface area (Å²) in [4.78, 5) is 14.5. The number of anilines is 1. The first kappa shape index (κ1) is 12.8. The number of rotatable bonds is 4. The summed E-state index contributed by atoms with van der Waals surface area (Å²) in [6.07, 6.45) is 0. The Morgan fingerprint density at radius 3 is 2.58 bits per heavy atom. The van der Waals surface area contributed by atoms with Gasteiger partial charge in [-0.3, -0.25) is 10.1 Å². The van der Waals surface area contributed by atoms with E-state index in [4.69, 9.17) is 0 Å². The van der Waals surface area contributed by atoms with Crippen molar-refractivity contribution in [2.75, 3.05) is 5.32 Å². The smallest absolute Gasteiger partial charge is 0.311 e. The van der Waals surface area contributed by atoms with E-state index in [1.165, 1.54) is 6.07 Å². The maximum Gasteiger partial charge on any atom is 0.311 e. The molecular weight excluding hydrogens is 246 g/mol. The number of aromatic hydroxyl groups is 1. The van der Waals surface area contributed by atoms with E-state index in [1.807, 2.05) is 0 Å². The van der Waals surface area contributed by atoms with Crippen molar-refractivity contribution >= 4 is 11.5 Å². The van der Waals surface area contributed by atoms with Crippen LogP contribution in [0.3, 0.4) is 0 Å². The highest BCUT2D eigenvalue weighted by molar-refractivity contribution is 5.56. The summed E-state index contributed by atoms with van der Waals surface area (Å²) in [6, 6.07) is 9.64. The molecule has 6 heteroatoms. The number of benzene rings is 1. The number of aromatic nitrogens is 1. The van der Waals surface area contributed by atoms with E-state index in [2.05, 4.69) is 10.3 Å². The Kier molecular flexibility index (Phi) is 3.61. The van der Waals surface area contributed by atoms with Crippen LogP contribution in [-0.2, 0) is 6.54 Å². The minimum atomic E-state index is -0.467. The van der Waals surface area contributed by atoms with Gasteiger partial charge in [-0.25, -0.2) is 4.98 Å². The minimum absolute atomic E-state index is 0.0515. The van der Waals surface area contributed by atoms with Crippen molar-refractivity contribution in [1.82, 2.24) is 4.98 Å². The van der Waals surface area contributed by atoms with Crippen molar-refractivity contribution in [3.8, 4) is 5.75 Å². The van der Waals surface area contributed by atoms with Gasteiger partial charge in [-0.2, -0.15) is 0 Å². The van der Waals surface area contributed by atoms with E-state index >= 15 is 0 Å². The third-order valence-corrected chi connectivity index (χ3v) is 2.61. The number of phenolic OH excluding ortho intramolecular Hbond substituents is 1. The summed E-state index contributed by atoms with van der Waals surface area (Å²) in [6.45, 7) is 2.17. The van der Waals surface area contributed by atoms with Crippen LogP contribution in [0.25, 0.3) is 0 Å². The number of hydrogen-bond acceptors (Lipinski definition) is 5. The van der Waals surface area contributed by atoms with Crippen LogP contribution in [0.2, 0.25) is 0 Å². The second-order valence-corrected chi connectivity index (χ2v) is 4.10. The highest BCUT2D eigenvalue weighted by Gasteiger charge is 2.14. The molecule has 6 nitrogen and oxygen atoms in total. The fourth-order valence-electron chi connectivity index (χ4n) is 1.63. The Morgan fingerprint density at radius 1 is 1.26 bits per heavy atom. The van der Waals surface area contributed by atoms with E-state index in [-0.39, 0.29) is 17.3 Å². The standard InChI is InChI=1S/C13H13N3O3/c1-9-2-7-12(16(18)19)13(15-9)14-8-10-3-5-11(17)6-4-10/h2-7,17H,8H2,1H3,(H,14,15). The van der Waals surface area contributed by atoms with Crippen molar-refractivity contribution in [1.29, 1.82) is 0 Å². The summed E-state index contributed by atoms with van der Waals surface area (Å²) in [5.74, 6) is 0.432. The molecule has 2 rings (SSSR count). The molecule has 0 bridgehead atoms. The maximum absolute atomic E-state index is 10.9. The van der Waals surface area contributed by atoms with Gasteiger partial charge in [0.1, 0.15) is 5.75 Å². The molecule has 2 aromatic rings. The van der Waals surface area contributed by atoms with Crippen LogP contribution >= 0.6 is 0 Å². The van der Waals surface area contributed by atoms with Gasteiger partial charge < -0.3 is 10.4 Å². The molecule has 0 amide bonds. The first-order valence-electron chi connectivity index (χ1n) is 5.70. The summed E-state index contributed by atoms with van der Waals surface area (Å²) in [5.41, 5.74) is 1.55. The number of hydrogen-bond donors (Lipinski definition) is 2. The van der Waals surface area contributed by atoms with E-state index in [9.17, 15) is 15.2 Å². The molecule has 98 valence electrons. The Morgan fingerprint density at radius 2 is 1.95 bits per heavy atom. The second-order valence-electron chi connectivity index (χ2n) is 4.10. The molecule has 0 unspecified atom stereocenters. The average Bonchev–Trinajstić information content (AvgIpc) is 2.38. The maximum atomic E-state index is 10.9. The van der Waals surface area contributed by atoms with Crippen LogP contribution < -0.4 is 5.32 Å². The van der Waals surface area contributed by atoms with Crippen LogP contribution in [0.15, 0.2) is 36.4 Å². The van der Waals surface area contributed by atoms with Gasteiger partial charge in [0.25, 0.3) is 0 Å². The largest absolute Gasteiger partial charge is 0.508 e. The number of aryl methyl sites for hydroxylation is 1. The summed E-state index contributed by atoms with van der Waals surface area (Å²) >= 11 is 0. The number of nitro groups is 1. The van der Waals surface area contributed by atoms with E-state index < -0.39 is 4.92 Å². The molecule has 0 aliphatic carbocycles. The lowest BCUT2D eigenvalue weighted by atomic mass is 10.2. The molecule has 0 radical (unpaired) electrons. The molecule has 0 aliphatic heterocycles. The predicted octanol–water partition coefficient (Wildman–Crippen LogP) is 2.62. The Hall–Kier alpha value is -2.63. The van der Waals surface area contributed by atoms with Crippen LogP contribution in [0.1, 0.15) is 11.3 Å². The van der Waals surface area contributed by atoms with E-state index in [1.54, 1.807) is 37.3 Å². The third-order valence-electron chi connectivity index (χ3n) is 2.61. The quantitative estimate of drug-likeness (QED) is 0.650. The third kappa shape index (κ3) is 3.19. The molecule has 1 aromatic carbocycles. The average molecular weight is 259 g/mol. The van der Waals surface area contributed by atoms with Gasteiger partial charge in [-0.1, -0.05) is 12.1 Å². The summed E-state index contributed by atoms with van der Waals surface area (Å²) in [5, 5.41) is 23.0. The molecule has 0 saturated carbocycles. The Bertz CT molecular complexity index is 597. The van der Waals surface area contributed by atoms with Crippen LogP contribution in [0.4, 0.5) is 11.5 Å². The van der Waals surface area contributed by atoms with Gasteiger partial charge in [0.05, 0.1) is 4.92 Å². The molecule has 1 aromatic heterocycles. The molecule has 0 fully saturated rings. The zero-order valence-corrected chi connectivity index (χ0v) is 10.3. The molecular formula is C13H13N3O3. The zero-order chi connectivity index (χ0) is 13.8. The highest BCUT2D eigenvalue weighted by atomic mass is 16.6. The number of phenols is 1. The molecule has 0 spiro atoms. The van der Waals surface area contributed by atoms with Gasteiger partial charge in [-0.05, 0) is 30.7 Å². The van der Waals surface area contributed by atoms with Crippen LogP contribution in [0, 0.1) is 17.0 Å². The topological polar surface area (TPSA) is 88.3 Å². The monoisotopic (exact) mass is 259 g/mol. The van der Waals surface area contributed by atoms with Gasteiger partial charge in [0.2, 0.25) is 5.82 Å². The van der Waals surface area contributed by atoms with Crippen molar-refractivity contribution in [2.24, 2.45) is 0 Å². The number of nitrogens with zero attached hydrogens (tertiary/aromatic N) is 2. The summed E-state index contributed by atoms with van der Waals surface area (Å²) in [7, 11) is 0. The molecule has 1 heterocycles. The van der Waals surface area contributed by atoms with Crippen molar-refractivity contribution < 1.29 is 10.0 Å². The predicted molar refractivity (Wildman–Crippen MR) is 71.1 cm³/mol. The molecule has 0 aliphatic rings. The summed E-state index contributed by atoms with van der Waals surface area (Å²) < 4.78 is 0. The van der Waals surface area contributed by atoms with Gasteiger partial charge >= 0.3 is 5.69 Å². The van der Waals surface area contributed by atoms with Crippen molar-refractivity contribution in [2.45, 2.75) is 13.5 Å². The fraction of sp³-hybridized carbons (Fsp3) is 0.154. The number of nitrogens with one attached hydrogen (secondary N) is 1. The lowest BCUT2D eigenvalue weighted by Gasteiger charge is -2.07. The highest BCUT2D eigenvalue weighted by Crippen LogP contribution is 2.22. The van der Waals surface area contributed by atoms with Crippen molar-refractivity contribution in [3.05, 3.63) is 57.8 Å². The Balaban J connectivity index is 2.16. The normalized spacial score (nSPS) is 10.2. The Labute approximate surface area is 109 Å². The van der Waals surface area contributed by atoms with Gasteiger partial charge in [0.15, 0.2) is 0 Å². The SMILES string of the molecule is Cc1ccc([N+](=O)[O-])c(NCc2ccc(O)cc2)n1. The van der Waals surface area contributed by atoms with E-state index in [0.29, 0.717) is 12.2 Å². The van der Waals surface area contributed by atoms with Gasteiger partial charge in [0, 0.05) is 18.3 Å². The molecule has 0 saturated heterocycles. The van der Waals surface area contributed by atoms with Crippen LogP contribution in [-0.4, -0.2) is 15.0 Å². The molecule has 19 heavy (non-hydrogen) atoms. The molecule has 0 atom stereocenters. The van der Waals surface area contributed by atoms with E-state index in [0.717, 1.165) is 5.56 Å².